The number of hydrogen-bond acceptors (Lipinski definition) is 1. The fraction of sp³-hybridized carbons (Fsp3) is 0.667. The first kappa shape index (κ1) is 10.4. The lowest BCUT2D eigenvalue weighted by atomic mass is 9.82. The average molecular weight is 179 g/mol. The van der Waals surface area contributed by atoms with Gasteiger partial charge in [0, 0.05) is 18.8 Å². The summed E-state index contributed by atoms with van der Waals surface area (Å²) >= 11 is 0. The Labute approximate surface area is 82.1 Å². The summed E-state index contributed by atoms with van der Waals surface area (Å²) in [5.74, 6) is 0. The van der Waals surface area contributed by atoms with Crippen LogP contribution in [0.3, 0.4) is 0 Å². The number of likely N-dealkylation sites (tertiary alicyclic amines) is 1. The largest absolute Gasteiger partial charge is 0.372 e. The molecule has 1 heterocycles. The highest BCUT2D eigenvalue weighted by molar-refractivity contribution is 5.13. The summed E-state index contributed by atoms with van der Waals surface area (Å²) in [5.41, 5.74) is 1.70. The Morgan fingerprint density at radius 1 is 1.31 bits per heavy atom. The highest BCUT2D eigenvalue weighted by Gasteiger charge is 2.24. The van der Waals surface area contributed by atoms with Crippen molar-refractivity contribution in [3.05, 3.63) is 24.4 Å². The Kier molecular flexibility index (Phi) is 3.18. The summed E-state index contributed by atoms with van der Waals surface area (Å²) in [6, 6.07) is 0. The fourth-order valence-electron chi connectivity index (χ4n) is 1.70. The van der Waals surface area contributed by atoms with Crippen LogP contribution >= 0.6 is 0 Å². The van der Waals surface area contributed by atoms with Crippen LogP contribution in [-0.2, 0) is 0 Å². The molecule has 0 aromatic carbocycles. The molecule has 1 heteroatoms. The summed E-state index contributed by atoms with van der Waals surface area (Å²) in [4.78, 5) is 2.38. The van der Waals surface area contributed by atoms with Gasteiger partial charge in [0.1, 0.15) is 0 Å². The van der Waals surface area contributed by atoms with Gasteiger partial charge in [0.25, 0.3) is 0 Å². The molecule has 74 valence electrons. The molecule has 0 spiro atoms. The summed E-state index contributed by atoms with van der Waals surface area (Å²) in [6.45, 7) is 13.1. The zero-order valence-corrected chi connectivity index (χ0v) is 9.14. The minimum absolute atomic E-state index is 0.534. The summed E-state index contributed by atoms with van der Waals surface area (Å²) in [5, 5.41) is 0. The SMILES string of the molecule is C=C(/C=C\C)N1CCC(C)(C)CC1. The first-order chi connectivity index (χ1) is 6.05. The van der Waals surface area contributed by atoms with Crippen LogP contribution in [0.5, 0.6) is 0 Å². The van der Waals surface area contributed by atoms with Gasteiger partial charge in [-0.25, -0.2) is 0 Å². The quantitative estimate of drug-likeness (QED) is 0.588. The van der Waals surface area contributed by atoms with Crippen LogP contribution in [0, 0.1) is 5.41 Å². The van der Waals surface area contributed by atoms with Crippen molar-refractivity contribution < 1.29 is 0 Å². The van der Waals surface area contributed by atoms with Crippen molar-refractivity contribution in [3.63, 3.8) is 0 Å². The van der Waals surface area contributed by atoms with E-state index in [1.807, 2.05) is 6.92 Å². The molecule has 1 saturated heterocycles. The van der Waals surface area contributed by atoms with E-state index >= 15 is 0 Å². The van der Waals surface area contributed by atoms with Crippen molar-refractivity contribution in [1.29, 1.82) is 0 Å². The van der Waals surface area contributed by atoms with Crippen molar-refractivity contribution in [1.82, 2.24) is 4.90 Å². The van der Waals surface area contributed by atoms with Gasteiger partial charge in [0.05, 0.1) is 0 Å². The molecule has 0 aliphatic carbocycles. The van der Waals surface area contributed by atoms with Crippen LogP contribution in [0.2, 0.25) is 0 Å². The van der Waals surface area contributed by atoms with Crippen LogP contribution in [-0.4, -0.2) is 18.0 Å². The first-order valence-electron chi connectivity index (χ1n) is 5.12. The lowest BCUT2D eigenvalue weighted by molar-refractivity contribution is 0.166. The van der Waals surface area contributed by atoms with Crippen molar-refractivity contribution in [2.24, 2.45) is 5.41 Å². The van der Waals surface area contributed by atoms with Gasteiger partial charge in [-0.3, -0.25) is 0 Å². The van der Waals surface area contributed by atoms with Crippen molar-refractivity contribution in [3.8, 4) is 0 Å². The van der Waals surface area contributed by atoms with Crippen LogP contribution in [0.4, 0.5) is 0 Å². The smallest absolute Gasteiger partial charge is 0.0289 e. The molecule has 0 N–H and O–H groups in total. The van der Waals surface area contributed by atoms with Gasteiger partial charge in [-0.2, -0.15) is 0 Å². The third-order valence-corrected chi connectivity index (χ3v) is 2.88. The maximum absolute atomic E-state index is 4.05. The Morgan fingerprint density at radius 2 is 1.85 bits per heavy atom. The van der Waals surface area contributed by atoms with Crippen LogP contribution < -0.4 is 0 Å². The topological polar surface area (TPSA) is 3.24 Å². The maximum atomic E-state index is 4.05. The fourth-order valence-corrected chi connectivity index (χ4v) is 1.70. The maximum Gasteiger partial charge on any atom is 0.0289 e. The van der Waals surface area contributed by atoms with Gasteiger partial charge in [0.2, 0.25) is 0 Å². The van der Waals surface area contributed by atoms with Gasteiger partial charge in [-0.1, -0.05) is 26.5 Å². The minimum Gasteiger partial charge on any atom is -0.372 e. The van der Waals surface area contributed by atoms with Gasteiger partial charge in [-0.15, -0.1) is 0 Å². The highest BCUT2D eigenvalue weighted by atomic mass is 15.1. The molecule has 0 radical (unpaired) electrons. The van der Waals surface area contributed by atoms with Crippen LogP contribution in [0.25, 0.3) is 0 Å². The van der Waals surface area contributed by atoms with Gasteiger partial charge < -0.3 is 4.90 Å². The molecule has 0 atom stereocenters. The third-order valence-electron chi connectivity index (χ3n) is 2.88. The number of piperidine rings is 1. The van der Waals surface area contributed by atoms with E-state index in [9.17, 15) is 0 Å². The minimum atomic E-state index is 0.534. The molecular formula is C12H21N. The second-order valence-corrected chi connectivity index (χ2v) is 4.64. The summed E-state index contributed by atoms with van der Waals surface area (Å²) < 4.78 is 0. The molecule has 1 nitrogen and oxygen atoms in total. The molecule has 0 bridgehead atoms. The predicted octanol–water partition coefficient (Wildman–Crippen LogP) is 3.20. The normalized spacial score (nSPS) is 22.2. The van der Waals surface area contributed by atoms with E-state index in [-0.39, 0.29) is 0 Å². The molecule has 1 fully saturated rings. The monoisotopic (exact) mass is 179 g/mol. The van der Waals surface area contributed by atoms with E-state index in [0.29, 0.717) is 5.41 Å². The summed E-state index contributed by atoms with van der Waals surface area (Å²) in [6.07, 6.45) is 6.72. The van der Waals surface area contributed by atoms with E-state index in [1.54, 1.807) is 0 Å². The van der Waals surface area contributed by atoms with Crippen molar-refractivity contribution in [2.75, 3.05) is 13.1 Å². The second-order valence-electron chi connectivity index (χ2n) is 4.64. The molecule has 1 rings (SSSR count). The zero-order chi connectivity index (χ0) is 9.90. The standard InChI is InChI=1S/C12H21N/c1-5-6-11(2)13-9-7-12(3,4)8-10-13/h5-6H,2,7-10H2,1,3-4H3/b6-5-. The molecule has 0 unspecified atom stereocenters. The highest BCUT2D eigenvalue weighted by Crippen LogP contribution is 2.30. The first-order valence-corrected chi connectivity index (χ1v) is 5.12. The van der Waals surface area contributed by atoms with E-state index in [2.05, 4.69) is 37.5 Å². The zero-order valence-electron chi connectivity index (χ0n) is 9.14. The Balaban J connectivity index is 2.45. The number of nitrogens with zero attached hydrogens (tertiary/aromatic N) is 1. The van der Waals surface area contributed by atoms with E-state index in [4.69, 9.17) is 0 Å². The Hall–Kier alpha value is -0.720. The van der Waals surface area contributed by atoms with Gasteiger partial charge in [-0.05, 0) is 31.3 Å². The second kappa shape index (κ2) is 3.99. The summed E-state index contributed by atoms with van der Waals surface area (Å²) in [7, 11) is 0. The molecule has 0 saturated carbocycles. The molecule has 1 aliphatic rings. The molecule has 0 amide bonds. The van der Waals surface area contributed by atoms with Crippen LogP contribution in [0.15, 0.2) is 24.4 Å². The lowest BCUT2D eigenvalue weighted by Crippen LogP contribution is -2.36. The third kappa shape index (κ3) is 2.91. The lowest BCUT2D eigenvalue weighted by Gasteiger charge is -2.38. The Bertz CT molecular complexity index is 203. The van der Waals surface area contributed by atoms with E-state index in [0.717, 1.165) is 18.8 Å². The van der Waals surface area contributed by atoms with Crippen molar-refractivity contribution >= 4 is 0 Å². The van der Waals surface area contributed by atoms with Crippen LogP contribution in [0.1, 0.15) is 33.6 Å². The number of allylic oxidation sites excluding steroid dienone is 2. The molecule has 13 heavy (non-hydrogen) atoms. The van der Waals surface area contributed by atoms with E-state index < -0.39 is 0 Å². The molecule has 0 aromatic rings. The number of rotatable bonds is 2. The number of hydrogen-bond donors (Lipinski definition) is 0. The average Bonchev–Trinajstić information content (AvgIpc) is 2.04. The molecule has 1 aliphatic heterocycles. The van der Waals surface area contributed by atoms with Gasteiger partial charge in [0.15, 0.2) is 0 Å². The molecule has 0 aromatic heterocycles. The predicted molar refractivity (Wildman–Crippen MR) is 58.5 cm³/mol. The van der Waals surface area contributed by atoms with E-state index in [1.165, 1.54) is 12.8 Å². The Morgan fingerprint density at radius 3 is 2.31 bits per heavy atom. The van der Waals surface area contributed by atoms with Gasteiger partial charge >= 0.3 is 0 Å². The van der Waals surface area contributed by atoms with Crippen molar-refractivity contribution in [2.45, 2.75) is 33.6 Å². The molecular weight excluding hydrogens is 158 g/mol.